The lowest BCUT2D eigenvalue weighted by atomic mass is 9.77. The Kier molecular flexibility index (Phi) is 11.2. The standard InChI is InChI=1S/C43H50N2O6S2/c1-42(2)38(44(28-14-16-30-52(46,47)48)36-26-24-32-18-10-12-20-34(32)40(36)42)22-8-6-5-7-9-23-39-43(3,4)41-35-21-13-11-19-33(35)25-27-37(41)45(39)29-15-17-31-53(49,50)51/h5-13,18-22,24-27,39H,14-17,23,28-31H2,1-4H3,(H-,46,47,48,49,50,51)/p-1/b6-5+,9-7+,22-8+. The molecule has 10 heteroatoms. The molecule has 0 saturated carbocycles. The Balaban J connectivity index is 1.21. The number of unbranched alkanes of at least 4 members (excludes halogenated alkanes) is 2. The molecular formula is C43H49N2O6S2-. The first-order valence-corrected chi connectivity index (χ1v) is 21.6. The van der Waals surface area contributed by atoms with E-state index in [4.69, 9.17) is 0 Å². The minimum atomic E-state index is -4.26. The maximum absolute atomic E-state index is 11.3. The zero-order chi connectivity index (χ0) is 38.0. The molecule has 1 unspecified atom stereocenters. The molecule has 0 amide bonds. The maximum Gasteiger partial charge on any atom is 0.210 e. The fourth-order valence-corrected chi connectivity index (χ4v) is 9.66. The molecule has 6 rings (SSSR count). The van der Waals surface area contributed by atoms with Crippen molar-refractivity contribution in [3.05, 3.63) is 120 Å². The van der Waals surface area contributed by atoms with Gasteiger partial charge in [-0.05, 0) is 78.8 Å². The summed E-state index contributed by atoms with van der Waals surface area (Å²) in [5.41, 5.74) is 5.43. The number of allylic oxidation sites excluding steroid dienone is 5. The summed E-state index contributed by atoms with van der Waals surface area (Å²) in [6.07, 6.45) is 15.1. The van der Waals surface area contributed by atoms with E-state index in [1.54, 1.807) is 0 Å². The lowest BCUT2D eigenvalue weighted by Crippen LogP contribution is -2.41. The van der Waals surface area contributed by atoms with Crippen molar-refractivity contribution in [3.63, 3.8) is 0 Å². The minimum absolute atomic E-state index is 0.140. The van der Waals surface area contributed by atoms with Crippen molar-refractivity contribution in [2.75, 3.05) is 29.5 Å². The molecule has 0 fully saturated rings. The molecule has 0 spiro atoms. The van der Waals surface area contributed by atoms with Crippen molar-refractivity contribution in [3.8, 4) is 0 Å². The number of nitrogens with zero attached hydrogens (tertiary/aromatic N) is 2. The van der Waals surface area contributed by atoms with Crippen molar-refractivity contribution >= 4 is 58.9 Å². The maximum atomic E-state index is 11.3. The average Bonchev–Trinajstić information content (AvgIpc) is 3.45. The first-order chi connectivity index (χ1) is 25.1. The van der Waals surface area contributed by atoms with Crippen molar-refractivity contribution in [1.82, 2.24) is 0 Å². The number of hydrogen-bond donors (Lipinski definition) is 0. The van der Waals surface area contributed by atoms with Crippen LogP contribution < -0.4 is 4.90 Å². The van der Waals surface area contributed by atoms with E-state index in [9.17, 15) is 25.9 Å². The number of benzene rings is 4. The Bertz CT molecular complexity index is 2350. The highest BCUT2D eigenvalue weighted by molar-refractivity contribution is 7.85. The summed E-state index contributed by atoms with van der Waals surface area (Å²) in [4.78, 5) is 2.40. The summed E-state index contributed by atoms with van der Waals surface area (Å²) in [5, 5.41) is 4.78. The Labute approximate surface area is 314 Å². The zero-order valence-electron chi connectivity index (χ0n) is 31.0. The van der Waals surface area contributed by atoms with Crippen molar-refractivity contribution in [1.29, 1.82) is 0 Å². The predicted molar refractivity (Wildman–Crippen MR) is 215 cm³/mol. The first kappa shape index (κ1) is 38.6. The molecule has 0 aromatic heterocycles. The third-order valence-electron chi connectivity index (χ3n) is 11.0. The van der Waals surface area contributed by atoms with Crippen LogP contribution in [0, 0.1) is 0 Å². The Morgan fingerprint density at radius 3 is 1.94 bits per heavy atom. The minimum Gasteiger partial charge on any atom is -0.748 e. The highest BCUT2D eigenvalue weighted by Crippen LogP contribution is 2.50. The average molecular weight is 754 g/mol. The van der Waals surface area contributed by atoms with Crippen molar-refractivity contribution < 1.29 is 30.5 Å². The fourth-order valence-electron chi connectivity index (χ4n) is 8.55. The van der Waals surface area contributed by atoms with Gasteiger partial charge in [0.1, 0.15) is 6.54 Å². The third-order valence-corrected chi connectivity index (χ3v) is 12.6. The SMILES string of the molecule is CC1(C)C(/C=C/C=C/C=C/CC2N(CCCCS(=O)(=O)[O-])c3ccc4ccccc4c3C2(C)C)=[N+](CCCCS(=O)(=O)[O-])c2ccc3ccccc3c21. The van der Waals surface area contributed by atoms with Crippen LogP contribution in [0.1, 0.15) is 70.9 Å². The molecule has 0 saturated heterocycles. The number of fused-ring (bicyclic) bond motifs is 6. The molecule has 8 nitrogen and oxygen atoms in total. The molecular weight excluding hydrogens is 705 g/mol. The van der Waals surface area contributed by atoms with Crippen LogP contribution in [0.3, 0.4) is 0 Å². The predicted octanol–water partition coefficient (Wildman–Crippen LogP) is 8.25. The fraction of sp³-hybridized carbons (Fsp3) is 0.372. The molecule has 0 radical (unpaired) electrons. The second-order valence-corrected chi connectivity index (χ2v) is 18.3. The highest BCUT2D eigenvalue weighted by Gasteiger charge is 2.46. The smallest absolute Gasteiger partial charge is 0.210 e. The van der Waals surface area contributed by atoms with E-state index in [2.05, 4.69) is 122 Å². The van der Waals surface area contributed by atoms with Crippen LogP contribution in [-0.2, 0) is 31.1 Å². The van der Waals surface area contributed by atoms with E-state index in [1.165, 1.54) is 38.4 Å². The summed E-state index contributed by atoms with van der Waals surface area (Å²) < 4.78 is 69.9. The second-order valence-electron chi connectivity index (χ2n) is 15.3. The van der Waals surface area contributed by atoms with Gasteiger partial charge < -0.3 is 14.0 Å². The summed E-state index contributed by atoms with van der Waals surface area (Å²) in [6, 6.07) is 25.5. The number of hydrogen-bond acceptors (Lipinski definition) is 7. The highest BCUT2D eigenvalue weighted by atomic mass is 32.2. The molecule has 4 aromatic carbocycles. The topological polar surface area (TPSA) is 121 Å². The van der Waals surface area contributed by atoms with Gasteiger partial charge in [-0.15, -0.1) is 0 Å². The number of rotatable bonds is 15. The van der Waals surface area contributed by atoms with Crippen LogP contribution in [-0.4, -0.2) is 66.9 Å². The Morgan fingerprint density at radius 2 is 1.28 bits per heavy atom. The van der Waals surface area contributed by atoms with Gasteiger partial charge in [0.05, 0.1) is 25.7 Å². The van der Waals surface area contributed by atoms with E-state index in [0.29, 0.717) is 38.8 Å². The molecule has 53 heavy (non-hydrogen) atoms. The summed E-state index contributed by atoms with van der Waals surface area (Å²) in [5.74, 6) is -0.709. The van der Waals surface area contributed by atoms with Gasteiger partial charge >= 0.3 is 0 Å². The van der Waals surface area contributed by atoms with Gasteiger partial charge in [0.15, 0.2) is 5.71 Å². The van der Waals surface area contributed by atoms with E-state index < -0.39 is 20.2 Å². The van der Waals surface area contributed by atoms with Crippen LogP contribution in [0.25, 0.3) is 21.5 Å². The Morgan fingerprint density at radius 1 is 0.698 bits per heavy atom. The van der Waals surface area contributed by atoms with Crippen molar-refractivity contribution in [2.24, 2.45) is 0 Å². The van der Waals surface area contributed by atoms with Crippen LogP contribution >= 0.6 is 0 Å². The van der Waals surface area contributed by atoms with Crippen LogP contribution in [0.5, 0.6) is 0 Å². The monoisotopic (exact) mass is 753 g/mol. The van der Waals surface area contributed by atoms with Gasteiger partial charge in [0.25, 0.3) is 0 Å². The van der Waals surface area contributed by atoms with Gasteiger partial charge in [-0.25, -0.2) is 16.8 Å². The number of anilines is 1. The normalized spacial score (nSPS) is 18.4. The van der Waals surface area contributed by atoms with E-state index in [-0.39, 0.29) is 28.4 Å². The van der Waals surface area contributed by atoms with Gasteiger partial charge in [-0.3, -0.25) is 0 Å². The lowest BCUT2D eigenvalue weighted by molar-refractivity contribution is -0.438. The summed E-state index contributed by atoms with van der Waals surface area (Å²) in [7, 11) is -8.50. The molecule has 0 N–H and O–H groups in total. The Hall–Kier alpha value is -4.09. The van der Waals surface area contributed by atoms with E-state index in [1.807, 2.05) is 24.3 Å². The molecule has 280 valence electrons. The first-order valence-electron chi connectivity index (χ1n) is 18.4. The molecule has 2 aliphatic rings. The van der Waals surface area contributed by atoms with Crippen molar-refractivity contribution in [2.45, 2.75) is 76.7 Å². The van der Waals surface area contributed by atoms with Crippen LogP contribution in [0.15, 0.2) is 109 Å². The molecule has 0 aliphatic carbocycles. The molecule has 1 atom stereocenters. The summed E-state index contributed by atoms with van der Waals surface area (Å²) >= 11 is 0. The van der Waals surface area contributed by atoms with Gasteiger partial charge in [-0.1, -0.05) is 98.8 Å². The molecule has 4 aromatic rings. The third kappa shape index (κ3) is 8.36. The molecule has 2 heterocycles. The van der Waals surface area contributed by atoms with Crippen LogP contribution in [0.4, 0.5) is 11.4 Å². The van der Waals surface area contributed by atoms with E-state index in [0.717, 1.165) is 17.8 Å². The van der Waals surface area contributed by atoms with E-state index >= 15 is 0 Å². The van der Waals surface area contributed by atoms with Gasteiger partial charge in [0.2, 0.25) is 5.69 Å². The lowest BCUT2D eigenvalue weighted by Gasteiger charge is -2.34. The van der Waals surface area contributed by atoms with Gasteiger partial charge in [-0.2, -0.15) is 4.58 Å². The largest absolute Gasteiger partial charge is 0.748 e. The summed E-state index contributed by atoms with van der Waals surface area (Å²) in [6.45, 7) is 10.3. The molecule has 2 aliphatic heterocycles. The second kappa shape index (κ2) is 15.3. The van der Waals surface area contributed by atoms with Crippen LogP contribution in [0.2, 0.25) is 0 Å². The zero-order valence-corrected chi connectivity index (χ0v) is 32.6. The quantitative estimate of drug-likeness (QED) is 0.0519. The van der Waals surface area contributed by atoms with Gasteiger partial charge in [0, 0.05) is 59.3 Å². The molecule has 0 bridgehead atoms.